The lowest BCUT2D eigenvalue weighted by Gasteiger charge is -2.16. The quantitative estimate of drug-likeness (QED) is 0.425. The second-order valence-corrected chi connectivity index (χ2v) is 7.13. The van der Waals surface area contributed by atoms with E-state index in [9.17, 15) is 13.6 Å². The van der Waals surface area contributed by atoms with E-state index >= 15 is 0 Å². The van der Waals surface area contributed by atoms with E-state index in [1.807, 2.05) is 13.8 Å². The molecule has 0 fully saturated rings. The molecule has 0 aliphatic heterocycles. The first-order chi connectivity index (χ1) is 13.8. The Morgan fingerprint density at radius 2 is 1.90 bits per heavy atom. The highest BCUT2D eigenvalue weighted by Crippen LogP contribution is 2.31. The zero-order chi connectivity index (χ0) is 20.7. The smallest absolute Gasteiger partial charge is 0.289 e. The van der Waals surface area contributed by atoms with Crippen molar-refractivity contribution in [2.75, 3.05) is 5.32 Å². The summed E-state index contributed by atoms with van der Waals surface area (Å²) < 4.78 is 27.9. The Morgan fingerprint density at radius 1 is 1.10 bits per heavy atom. The number of imidazole rings is 1. The lowest BCUT2D eigenvalue weighted by atomic mass is 10.0. The van der Waals surface area contributed by atoms with Crippen molar-refractivity contribution in [1.29, 1.82) is 0 Å². The number of nitrogens with one attached hydrogen (secondary N) is 3. The second-order valence-electron chi connectivity index (χ2n) is 6.69. The highest BCUT2D eigenvalue weighted by molar-refractivity contribution is 6.30. The molecule has 0 spiro atoms. The number of rotatable bonds is 4. The van der Waals surface area contributed by atoms with Crippen molar-refractivity contribution < 1.29 is 8.78 Å². The van der Waals surface area contributed by atoms with Gasteiger partial charge in [0, 0.05) is 16.3 Å². The van der Waals surface area contributed by atoms with Crippen LogP contribution in [-0.2, 0) is 0 Å². The summed E-state index contributed by atoms with van der Waals surface area (Å²) in [5.74, 6) is -0.389. The molecule has 3 heterocycles. The number of aromatic nitrogens is 5. The molecular formula is C19H15ClF2N6O. The van der Waals surface area contributed by atoms with Crippen molar-refractivity contribution >= 4 is 34.3 Å². The number of halogens is 3. The average Bonchev–Trinajstić information content (AvgIpc) is 3.06. The largest absolute Gasteiger partial charge is 0.337 e. The van der Waals surface area contributed by atoms with Crippen LogP contribution in [0.1, 0.15) is 25.5 Å². The molecule has 0 amide bonds. The Labute approximate surface area is 168 Å². The molecule has 0 bridgehead atoms. The van der Waals surface area contributed by atoms with Crippen molar-refractivity contribution in [3.05, 3.63) is 63.6 Å². The number of anilines is 2. The van der Waals surface area contributed by atoms with Crippen LogP contribution in [0.25, 0.3) is 22.3 Å². The van der Waals surface area contributed by atoms with Crippen molar-refractivity contribution in [2.24, 2.45) is 0 Å². The van der Waals surface area contributed by atoms with Gasteiger partial charge < -0.3 is 15.3 Å². The van der Waals surface area contributed by atoms with Gasteiger partial charge in [-0.1, -0.05) is 25.4 Å². The standard InChI is InChI=1S/C19H15ClF2N6O/c1-8(2)14-13(25-16-15-17(24-7-23-16)28-19(22)27-15)6-11(18(29)26-14)10-5-9(20)3-4-12(10)21/h3-8H,1-2H3,(H,26,29)(H2,23,24,25,27,28). The van der Waals surface area contributed by atoms with Crippen molar-refractivity contribution in [3.8, 4) is 11.1 Å². The molecule has 0 saturated heterocycles. The van der Waals surface area contributed by atoms with Crippen LogP contribution >= 0.6 is 11.6 Å². The number of aromatic amines is 2. The van der Waals surface area contributed by atoms with Gasteiger partial charge >= 0.3 is 0 Å². The van der Waals surface area contributed by atoms with Crippen LogP contribution in [0.5, 0.6) is 0 Å². The van der Waals surface area contributed by atoms with Gasteiger partial charge in [-0.05, 0) is 30.2 Å². The van der Waals surface area contributed by atoms with Gasteiger partial charge in [-0.25, -0.2) is 14.4 Å². The summed E-state index contributed by atoms with van der Waals surface area (Å²) in [6, 6.07) is 5.50. The molecule has 3 N–H and O–H groups in total. The predicted octanol–water partition coefficient (Wildman–Crippen LogP) is 4.51. The van der Waals surface area contributed by atoms with Gasteiger partial charge in [0.2, 0.25) is 0 Å². The van der Waals surface area contributed by atoms with Crippen LogP contribution in [0.15, 0.2) is 35.4 Å². The molecule has 7 nitrogen and oxygen atoms in total. The topological polar surface area (TPSA) is 99.3 Å². The van der Waals surface area contributed by atoms with Gasteiger partial charge in [0.05, 0.1) is 11.3 Å². The minimum absolute atomic E-state index is 0.0672. The zero-order valence-corrected chi connectivity index (χ0v) is 16.1. The van der Waals surface area contributed by atoms with Gasteiger partial charge in [0.15, 0.2) is 11.5 Å². The lowest BCUT2D eigenvalue weighted by Crippen LogP contribution is -2.15. The van der Waals surface area contributed by atoms with Crippen LogP contribution in [0.2, 0.25) is 5.02 Å². The lowest BCUT2D eigenvalue weighted by molar-refractivity contribution is 0.556. The van der Waals surface area contributed by atoms with E-state index in [-0.39, 0.29) is 34.0 Å². The van der Waals surface area contributed by atoms with Crippen molar-refractivity contribution in [2.45, 2.75) is 19.8 Å². The normalized spacial score (nSPS) is 11.4. The van der Waals surface area contributed by atoms with Crippen molar-refractivity contribution in [1.82, 2.24) is 24.9 Å². The summed E-state index contributed by atoms with van der Waals surface area (Å²) in [6.07, 6.45) is 0.444. The molecule has 1 aromatic carbocycles. The van der Waals surface area contributed by atoms with Gasteiger partial charge in [-0.2, -0.15) is 9.37 Å². The number of nitrogens with zero attached hydrogens (tertiary/aromatic N) is 3. The molecule has 10 heteroatoms. The third kappa shape index (κ3) is 3.56. The predicted molar refractivity (Wildman–Crippen MR) is 106 cm³/mol. The first kappa shape index (κ1) is 19.0. The molecule has 4 aromatic rings. The third-order valence-corrected chi connectivity index (χ3v) is 4.62. The molecule has 3 aromatic heterocycles. The van der Waals surface area contributed by atoms with E-state index in [2.05, 4.69) is 30.2 Å². The van der Waals surface area contributed by atoms with Crippen molar-refractivity contribution in [3.63, 3.8) is 0 Å². The summed E-state index contributed by atoms with van der Waals surface area (Å²) in [7, 11) is 0. The highest BCUT2D eigenvalue weighted by atomic mass is 35.5. The number of hydrogen-bond acceptors (Lipinski definition) is 5. The van der Waals surface area contributed by atoms with Crippen LogP contribution < -0.4 is 10.9 Å². The Morgan fingerprint density at radius 3 is 2.66 bits per heavy atom. The van der Waals surface area contributed by atoms with E-state index in [0.717, 1.165) is 0 Å². The average molecular weight is 417 g/mol. The van der Waals surface area contributed by atoms with Crippen LogP contribution in [0.3, 0.4) is 0 Å². The Bertz CT molecular complexity index is 1280. The van der Waals surface area contributed by atoms with Gasteiger partial charge in [0.1, 0.15) is 17.7 Å². The van der Waals surface area contributed by atoms with E-state index < -0.39 is 17.5 Å². The number of benzene rings is 1. The molecule has 0 radical (unpaired) electrons. The Balaban J connectivity index is 1.89. The maximum atomic E-state index is 14.4. The Kier molecular flexibility index (Phi) is 4.75. The molecule has 0 aliphatic carbocycles. The minimum atomic E-state index is -0.796. The van der Waals surface area contributed by atoms with Crippen LogP contribution in [-0.4, -0.2) is 24.9 Å². The van der Waals surface area contributed by atoms with E-state index in [1.54, 1.807) is 0 Å². The number of H-pyrrole nitrogens is 2. The number of hydrogen-bond donors (Lipinski definition) is 3. The maximum Gasteiger partial charge on any atom is 0.289 e. The summed E-state index contributed by atoms with van der Waals surface area (Å²) in [6.45, 7) is 3.78. The molecule has 0 unspecified atom stereocenters. The van der Waals surface area contributed by atoms with Gasteiger partial charge in [-0.15, -0.1) is 0 Å². The van der Waals surface area contributed by atoms with E-state index in [1.165, 1.54) is 30.6 Å². The summed E-state index contributed by atoms with van der Waals surface area (Å²) in [4.78, 5) is 29.6. The number of pyridine rings is 1. The highest BCUT2D eigenvalue weighted by Gasteiger charge is 2.18. The molecule has 0 aliphatic rings. The fraction of sp³-hybridized carbons (Fsp3) is 0.158. The summed E-state index contributed by atoms with van der Waals surface area (Å²) in [5, 5.41) is 3.37. The summed E-state index contributed by atoms with van der Waals surface area (Å²) >= 11 is 5.98. The monoisotopic (exact) mass is 416 g/mol. The zero-order valence-electron chi connectivity index (χ0n) is 15.3. The molecule has 4 rings (SSSR count). The number of fused-ring (bicyclic) bond motifs is 1. The fourth-order valence-electron chi connectivity index (χ4n) is 3.03. The van der Waals surface area contributed by atoms with Crippen LogP contribution in [0, 0.1) is 11.9 Å². The molecular weight excluding hydrogens is 402 g/mol. The van der Waals surface area contributed by atoms with Gasteiger partial charge in [0.25, 0.3) is 11.6 Å². The first-order valence-corrected chi connectivity index (χ1v) is 9.07. The molecule has 148 valence electrons. The minimum Gasteiger partial charge on any atom is -0.337 e. The first-order valence-electron chi connectivity index (χ1n) is 8.69. The van der Waals surface area contributed by atoms with Crippen LogP contribution in [0.4, 0.5) is 20.3 Å². The van der Waals surface area contributed by atoms with E-state index in [4.69, 9.17) is 11.6 Å². The maximum absolute atomic E-state index is 14.4. The van der Waals surface area contributed by atoms with Gasteiger partial charge in [-0.3, -0.25) is 4.79 Å². The SMILES string of the molecule is CC(C)c1[nH]c(=O)c(-c2cc(Cl)ccc2F)cc1Nc1ncnc2nc(F)[nH]c12. The third-order valence-electron chi connectivity index (χ3n) is 4.38. The fourth-order valence-corrected chi connectivity index (χ4v) is 3.20. The summed E-state index contributed by atoms with van der Waals surface area (Å²) in [5.41, 5.74) is 1.17. The molecule has 0 saturated carbocycles. The second kappa shape index (κ2) is 7.25. The van der Waals surface area contributed by atoms with E-state index in [0.29, 0.717) is 16.4 Å². The molecule has 29 heavy (non-hydrogen) atoms. The molecule has 0 atom stereocenters. The Hall–Kier alpha value is -3.33.